The van der Waals surface area contributed by atoms with E-state index >= 15 is 0 Å². The van der Waals surface area contributed by atoms with Gasteiger partial charge in [-0.15, -0.1) is 0 Å². The molecule has 0 aliphatic carbocycles. The average Bonchev–Trinajstić information content (AvgIpc) is 2.51. The molecule has 0 saturated heterocycles. The van der Waals surface area contributed by atoms with Crippen LogP contribution in [-0.4, -0.2) is 29.9 Å². The summed E-state index contributed by atoms with van der Waals surface area (Å²) in [6.07, 6.45) is 0. The van der Waals surface area contributed by atoms with Crippen LogP contribution in [0.15, 0.2) is 29.2 Å². The largest absolute Gasteiger partial charge is 0.464 e. The summed E-state index contributed by atoms with van der Waals surface area (Å²) >= 11 is 0. The molecule has 0 spiro atoms. The maximum Gasteiger partial charge on any atom is 0.316 e. The maximum atomic E-state index is 12.4. The molecule has 0 atom stereocenters. The molecule has 0 unspecified atom stereocenters. The van der Waals surface area contributed by atoms with E-state index in [9.17, 15) is 18.5 Å². The lowest BCUT2D eigenvalue weighted by Crippen LogP contribution is -2.16. The number of sulfonamides is 1. The van der Waals surface area contributed by atoms with Gasteiger partial charge < -0.3 is 4.74 Å². The molecule has 0 fully saturated rings. The molecule has 0 aliphatic rings. The van der Waals surface area contributed by atoms with Gasteiger partial charge in [-0.05, 0) is 32.9 Å². The standard InChI is InChI=1S/C14H16N4O5S/c1-4-23-14-15-9(2)13(10(3)16-14)17-24(21,22)12-7-5-11(6-8-12)18(19)20/h5-8,17H,4H2,1-3H3. The van der Waals surface area contributed by atoms with E-state index in [0.717, 1.165) is 12.1 Å². The Labute approximate surface area is 138 Å². The Balaban J connectivity index is 2.34. The zero-order valence-electron chi connectivity index (χ0n) is 13.3. The molecule has 9 nitrogen and oxygen atoms in total. The Kier molecular flexibility index (Phi) is 4.98. The monoisotopic (exact) mass is 352 g/mol. The first-order valence-electron chi connectivity index (χ1n) is 7.00. The van der Waals surface area contributed by atoms with Crippen molar-refractivity contribution in [3.8, 4) is 6.01 Å². The van der Waals surface area contributed by atoms with Crippen molar-refractivity contribution in [1.82, 2.24) is 9.97 Å². The number of hydrogen-bond acceptors (Lipinski definition) is 7. The molecule has 0 saturated carbocycles. The number of nitro benzene ring substituents is 1. The summed E-state index contributed by atoms with van der Waals surface area (Å²) in [6.45, 7) is 5.45. The van der Waals surface area contributed by atoms with Gasteiger partial charge in [-0.3, -0.25) is 14.8 Å². The van der Waals surface area contributed by atoms with Crippen LogP contribution in [0.2, 0.25) is 0 Å². The molecule has 24 heavy (non-hydrogen) atoms. The van der Waals surface area contributed by atoms with Crippen LogP contribution in [0.4, 0.5) is 11.4 Å². The molecule has 2 rings (SSSR count). The number of ether oxygens (including phenoxy) is 1. The SMILES string of the molecule is CCOc1nc(C)c(NS(=O)(=O)c2ccc([N+](=O)[O-])cc2)c(C)n1. The number of aryl methyl sites for hydroxylation is 2. The highest BCUT2D eigenvalue weighted by atomic mass is 32.2. The summed E-state index contributed by atoms with van der Waals surface area (Å²) in [5.41, 5.74) is 0.885. The molecule has 0 amide bonds. The predicted octanol–water partition coefficient (Wildman–Crippen LogP) is 2.20. The molecule has 0 bridgehead atoms. The van der Waals surface area contributed by atoms with Crippen molar-refractivity contribution in [2.24, 2.45) is 0 Å². The summed E-state index contributed by atoms with van der Waals surface area (Å²) in [5.74, 6) is 0. The van der Waals surface area contributed by atoms with E-state index in [1.165, 1.54) is 12.1 Å². The summed E-state index contributed by atoms with van der Waals surface area (Å²) in [4.78, 5) is 18.1. The number of benzene rings is 1. The van der Waals surface area contributed by atoms with Crippen LogP contribution in [0.3, 0.4) is 0 Å². The van der Waals surface area contributed by atoms with Crippen molar-refractivity contribution in [1.29, 1.82) is 0 Å². The minimum absolute atomic E-state index is 0.0965. The Morgan fingerprint density at radius 1 is 1.17 bits per heavy atom. The first-order chi connectivity index (χ1) is 11.2. The van der Waals surface area contributed by atoms with Gasteiger partial charge in [0.25, 0.3) is 15.7 Å². The predicted molar refractivity (Wildman–Crippen MR) is 86.6 cm³/mol. The third-order valence-electron chi connectivity index (χ3n) is 3.12. The van der Waals surface area contributed by atoms with Gasteiger partial charge in [-0.2, -0.15) is 9.97 Å². The van der Waals surface area contributed by atoms with Crippen LogP contribution in [-0.2, 0) is 10.0 Å². The fourth-order valence-electron chi connectivity index (χ4n) is 1.97. The van der Waals surface area contributed by atoms with E-state index in [0.29, 0.717) is 18.0 Å². The van der Waals surface area contributed by atoms with Crippen molar-refractivity contribution in [3.05, 3.63) is 45.8 Å². The molecule has 1 aromatic carbocycles. The maximum absolute atomic E-state index is 12.4. The summed E-state index contributed by atoms with van der Waals surface area (Å²) in [6, 6.07) is 4.76. The Hall–Kier alpha value is -2.75. The molecule has 128 valence electrons. The molecular formula is C14H16N4O5S. The van der Waals surface area contributed by atoms with Gasteiger partial charge in [0.15, 0.2) is 0 Å². The van der Waals surface area contributed by atoms with E-state index < -0.39 is 14.9 Å². The number of anilines is 1. The zero-order valence-corrected chi connectivity index (χ0v) is 14.1. The highest BCUT2D eigenvalue weighted by molar-refractivity contribution is 7.92. The lowest BCUT2D eigenvalue weighted by atomic mass is 10.3. The molecule has 1 aromatic heterocycles. The molecule has 10 heteroatoms. The lowest BCUT2D eigenvalue weighted by molar-refractivity contribution is -0.384. The molecular weight excluding hydrogens is 336 g/mol. The molecule has 2 aromatic rings. The fourth-order valence-corrected chi connectivity index (χ4v) is 3.14. The Morgan fingerprint density at radius 3 is 2.17 bits per heavy atom. The topological polar surface area (TPSA) is 124 Å². The highest BCUT2D eigenvalue weighted by Crippen LogP contribution is 2.24. The van der Waals surface area contributed by atoms with Crippen molar-refractivity contribution in [2.75, 3.05) is 11.3 Å². The van der Waals surface area contributed by atoms with Gasteiger partial charge >= 0.3 is 6.01 Å². The number of non-ortho nitro benzene ring substituents is 1. The third-order valence-corrected chi connectivity index (χ3v) is 4.48. The number of nitro groups is 1. The molecule has 0 radical (unpaired) electrons. The van der Waals surface area contributed by atoms with Crippen LogP contribution < -0.4 is 9.46 Å². The molecule has 1 N–H and O–H groups in total. The summed E-state index contributed by atoms with van der Waals surface area (Å²) < 4.78 is 32.5. The first kappa shape index (κ1) is 17.6. The first-order valence-corrected chi connectivity index (χ1v) is 8.48. The number of aromatic nitrogens is 2. The van der Waals surface area contributed by atoms with E-state index in [4.69, 9.17) is 4.74 Å². The van der Waals surface area contributed by atoms with Crippen LogP contribution >= 0.6 is 0 Å². The minimum Gasteiger partial charge on any atom is -0.464 e. The van der Waals surface area contributed by atoms with Gasteiger partial charge in [0, 0.05) is 12.1 Å². The van der Waals surface area contributed by atoms with E-state index in [1.54, 1.807) is 20.8 Å². The average molecular weight is 352 g/mol. The second-order valence-electron chi connectivity index (χ2n) is 4.84. The number of nitrogens with one attached hydrogen (secondary N) is 1. The normalized spacial score (nSPS) is 11.1. The second-order valence-corrected chi connectivity index (χ2v) is 6.52. The van der Waals surface area contributed by atoms with Crippen LogP contribution in [0, 0.1) is 24.0 Å². The van der Waals surface area contributed by atoms with E-state index in [-0.39, 0.29) is 22.3 Å². The molecule has 0 aliphatic heterocycles. The highest BCUT2D eigenvalue weighted by Gasteiger charge is 2.19. The van der Waals surface area contributed by atoms with Gasteiger partial charge in [0.05, 0.1) is 33.5 Å². The lowest BCUT2D eigenvalue weighted by Gasteiger charge is -2.13. The van der Waals surface area contributed by atoms with Crippen molar-refractivity contribution in [3.63, 3.8) is 0 Å². The van der Waals surface area contributed by atoms with Crippen LogP contribution in [0.5, 0.6) is 6.01 Å². The number of hydrogen-bond donors (Lipinski definition) is 1. The minimum atomic E-state index is -3.92. The van der Waals surface area contributed by atoms with E-state index in [1.807, 2.05) is 0 Å². The summed E-state index contributed by atoms with van der Waals surface area (Å²) in [7, 11) is -3.92. The van der Waals surface area contributed by atoms with Crippen molar-refractivity contribution < 1.29 is 18.1 Å². The third kappa shape index (κ3) is 3.77. The smallest absolute Gasteiger partial charge is 0.316 e. The fraction of sp³-hybridized carbons (Fsp3) is 0.286. The Bertz CT molecular complexity index is 842. The van der Waals surface area contributed by atoms with Crippen molar-refractivity contribution in [2.45, 2.75) is 25.7 Å². The number of rotatable bonds is 6. The van der Waals surface area contributed by atoms with Gasteiger partial charge in [0.2, 0.25) is 0 Å². The Morgan fingerprint density at radius 2 is 1.71 bits per heavy atom. The zero-order chi connectivity index (χ0) is 17.9. The van der Waals surface area contributed by atoms with Crippen LogP contribution in [0.1, 0.15) is 18.3 Å². The van der Waals surface area contributed by atoms with E-state index in [2.05, 4.69) is 14.7 Å². The van der Waals surface area contributed by atoms with Gasteiger partial charge in [-0.1, -0.05) is 0 Å². The second kappa shape index (κ2) is 6.79. The number of nitrogens with zero attached hydrogens (tertiary/aromatic N) is 3. The van der Waals surface area contributed by atoms with Crippen molar-refractivity contribution >= 4 is 21.4 Å². The molecule has 1 heterocycles. The van der Waals surface area contributed by atoms with Gasteiger partial charge in [-0.25, -0.2) is 8.42 Å². The van der Waals surface area contributed by atoms with Gasteiger partial charge in [0.1, 0.15) is 0 Å². The summed E-state index contributed by atoms with van der Waals surface area (Å²) in [5, 5.41) is 10.6. The quantitative estimate of drug-likeness (QED) is 0.624. The van der Waals surface area contributed by atoms with Crippen LogP contribution in [0.25, 0.3) is 0 Å².